The van der Waals surface area contributed by atoms with E-state index >= 15 is 0 Å². The summed E-state index contributed by atoms with van der Waals surface area (Å²) in [5.74, 6) is 0. The van der Waals surface area contributed by atoms with Gasteiger partial charge in [-0.3, -0.25) is 10.6 Å². The van der Waals surface area contributed by atoms with E-state index in [4.69, 9.17) is 9.47 Å². The largest absolute Gasteiger partial charge is 0.351 e. The number of ether oxygens (including phenoxy) is 2. The summed E-state index contributed by atoms with van der Waals surface area (Å²) in [7, 11) is 0. The maximum Gasteiger partial charge on any atom is 0.154 e. The highest BCUT2D eigenvalue weighted by atomic mass is 16.7. The Kier molecular flexibility index (Phi) is 3.16. The van der Waals surface area contributed by atoms with Gasteiger partial charge in [-0.05, 0) is 13.8 Å². The van der Waals surface area contributed by atoms with Gasteiger partial charge in [0, 0.05) is 0 Å². The maximum absolute atomic E-state index is 9.90. The van der Waals surface area contributed by atoms with Gasteiger partial charge in [0.25, 0.3) is 0 Å². The monoisotopic (exact) mass is 234 g/mol. The summed E-state index contributed by atoms with van der Waals surface area (Å²) >= 11 is 0. The van der Waals surface area contributed by atoms with Crippen LogP contribution in [0.3, 0.4) is 0 Å². The van der Waals surface area contributed by atoms with E-state index < -0.39 is 11.3 Å². The van der Waals surface area contributed by atoms with Gasteiger partial charge >= 0.3 is 0 Å². The van der Waals surface area contributed by atoms with Crippen LogP contribution in [-0.4, -0.2) is 58.8 Å². The minimum atomic E-state index is -1.05. The van der Waals surface area contributed by atoms with E-state index in [1.54, 1.807) is 6.92 Å². The van der Waals surface area contributed by atoms with Crippen LogP contribution in [-0.2, 0) is 9.47 Å². The Bertz CT molecular complexity index is 248. The third kappa shape index (κ3) is 1.63. The lowest BCUT2D eigenvalue weighted by Crippen LogP contribution is -2.81. The van der Waals surface area contributed by atoms with Crippen molar-refractivity contribution in [3.63, 3.8) is 0 Å². The highest BCUT2D eigenvalue weighted by Gasteiger charge is 2.55. The molecule has 2 aliphatic heterocycles. The molecule has 2 fully saturated rings. The minimum absolute atomic E-state index is 0.0351. The summed E-state index contributed by atoms with van der Waals surface area (Å²) in [5.41, 5.74) is -1.77. The summed E-state index contributed by atoms with van der Waals surface area (Å²) in [4.78, 5) is 0. The Balaban J connectivity index is 2.26. The molecule has 4 N–H and O–H groups in total. The van der Waals surface area contributed by atoms with E-state index in [-0.39, 0.29) is 13.5 Å². The average molecular weight is 234 g/mol. The quantitative estimate of drug-likeness (QED) is 0.453. The van der Waals surface area contributed by atoms with Gasteiger partial charge in [0.2, 0.25) is 0 Å². The summed E-state index contributed by atoms with van der Waals surface area (Å²) in [5, 5.41) is 27.8. The Morgan fingerprint density at radius 1 is 1.00 bits per heavy atom. The molecule has 0 radical (unpaired) electrons. The summed E-state index contributed by atoms with van der Waals surface area (Å²) in [6.07, 6.45) is 0. The molecule has 0 aromatic heterocycles. The fourth-order valence-electron chi connectivity index (χ4n) is 1.95. The molecule has 8 heteroatoms. The zero-order chi connectivity index (χ0) is 11.8. The molecule has 0 bridgehead atoms. The van der Waals surface area contributed by atoms with Crippen molar-refractivity contribution < 1.29 is 19.9 Å². The third-order valence-corrected chi connectivity index (χ3v) is 3.44. The topological polar surface area (TPSA) is 89.5 Å². The second-order valence-corrected chi connectivity index (χ2v) is 4.25. The number of hydrogen-bond acceptors (Lipinski definition) is 8. The van der Waals surface area contributed by atoms with Crippen molar-refractivity contribution in [3.8, 4) is 0 Å². The third-order valence-electron chi connectivity index (χ3n) is 3.44. The van der Waals surface area contributed by atoms with Gasteiger partial charge in [-0.1, -0.05) is 0 Å². The van der Waals surface area contributed by atoms with Gasteiger partial charge in [-0.25, -0.2) is 0 Å². The van der Waals surface area contributed by atoms with Crippen LogP contribution < -0.4 is 10.6 Å². The van der Waals surface area contributed by atoms with Gasteiger partial charge in [0.1, 0.15) is 19.1 Å². The van der Waals surface area contributed by atoms with Crippen molar-refractivity contribution in [1.82, 2.24) is 20.8 Å². The molecule has 0 spiro atoms. The highest BCUT2D eigenvalue weighted by molar-refractivity contribution is 5.01. The maximum atomic E-state index is 9.90. The van der Waals surface area contributed by atoms with E-state index in [0.717, 1.165) is 10.1 Å². The number of hydroxylamine groups is 4. The van der Waals surface area contributed by atoms with Crippen molar-refractivity contribution in [2.75, 3.05) is 26.9 Å². The first-order valence-electron chi connectivity index (χ1n) is 5.09. The lowest BCUT2D eigenvalue weighted by molar-refractivity contribution is -0.409. The van der Waals surface area contributed by atoms with Gasteiger partial charge < -0.3 is 19.9 Å². The van der Waals surface area contributed by atoms with Crippen LogP contribution in [0.2, 0.25) is 0 Å². The van der Waals surface area contributed by atoms with Crippen LogP contribution in [0.25, 0.3) is 0 Å². The first-order valence-corrected chi connectivity index (χ1v) is 5.09. The van der Waals surface area contributed by atoms with Crippen molar-refractivity contribution in [3.05, 3.63) is 0 Å². The molecular formula is C8H18N4O4. The Morgan fingerprint density at radius 2 is 1.50 bits per heavy atom. The van der Waals surface area contributed by atoms with E-state index in [2.05, 4.69) is 10.6 Å². The van der Waals surface area contributed by atoms with Crippen molar-refractivity contribution in [2.24, 2.45) is 0 Å². The normalized spacial score (nSPS) is 31.5. The Hall–Kier alpha value is -0.320. The number of hydrogen-bond donors (Lipinski definition) is 4. The van der Waals surface area contributed by atoms with E-state index in [1.165, 1.54) is 0 Å². The highest BCUT2D eigenvalue weighted by Crippen LogP contribution is 2.31. The molecule has 0 amide bonds. The summed E-state index contributed by atoms with van der Waals surface area (Å²) < 4.78 is 10.1. The number of rotatable bonds is 1. The fraction of sp³-hybridized carbons (Fsp3) is 1.00. The molecule has 16 heavy (non-hydrogen) atoms. The van der Waals surface area contributed by atoms with E-state index in [9.17, 15) is 10.4 Å². The summed E-state index contributed by atoms with van der Waals surface area (Å²) in [6.45, 7) is 4.32. The molecule has 8 nitrogen and oxygen atoms in total. The van der Waals surface area contributed by atoms with Crippen LogP contribution in [0.15, 0.2) is 0 Å². The van der Waals surface area contributed by atoms with Crippen LogP contribution in [0, 0.1) is 0 Å². The molecular weight excluding hydrogens is 216 g/mol. The van der Waals surface area contributed by atoms with E-state index in [1.807, 2.05) is 6.92 Å². The Morgan fingerprint density at radius 3 is 2.00 bits per heavy atom. The smallest absolute Gasteiger partial charge is 0.154 e. The summed E-state index contributed by atoms with van der Waals surface area (Å²) in [6, 6.07) is 0. The molecule has 0 atom stereocenters. The predicted molar refractivity (Wildman–Crippen MR) is 52.0 cm³/mol. The van der Waals surface area contributed by atoms with Gasteiger partial charge in [-0.15, -0.1) is 10.1 Å². The van der Waals surface area contributed by atoms with E-state index in [0.29, 0.717) is 13.5 Å². The first kappa shape index (κ1) is 12.1. The fourth-order valence-corrected chi connectivity index (χ4v) is 1.95. The lowest BCUT2D eigenvalue weighted by atomic mass is 9.94. The molecule has 0 aliphatic carbocycles. The molecule has 0 unspecified atom stereocenters. The zero-order valence-electron chi connectivity index (χ0n) is 9.43. The predicted octanol–water partition coefficient (Wildman–Crippen LogP) is -1.13. The van der Waals surface area contributed by atoms with Crippen LogP contribution >= 0.6 is 0 Å². The molecule has 0 aromatic carbocycles. The zero-order valence-corrected chi connectivity index (χ0v) is 9.43. The van der Waals surface area contributed by atoms with Crippen molar-refractivity contribution in [2.45, 2.75) is 25.2 Å². The van der Waals surface area contributed by atoms with Crippen LogP contribution in [0.1, 0.15) is 13.8 Å². The molecule has 0 aromatic rings. The van der Waals surface area contributed by atoms with Crippen LogP contribution in [0.5, 0.6) is 0 Å². The Labute approximate surface area is 93.6 Å². The van der Waals surface area contributed by atoms with Gasteiger partial charge in [-0.2, -0.15) is 0 Å². The number of nitrogens with zero attached hydrogens (tertiary/aromatic N) is 2. The lowest BCUT2D eigenvalue weighted by Gasteiger charge is -2.56. The molecule has 0 saturated carbocycles. The van der Waals surface area contributed by atoms with Gasteiger partial charge in [0.05, 0.1) is 13.5 Å². The second kappa shape index (κ2) is 4.17. The molecule has 2 heterocycles. The number of nitrogens with one attached hydrogen (secondary N) is 2. The van der Waals surface area contributed by atoms with Crippen molar-refractivity contribution >= 4 is 0 Å². The standard InChI is InChI=1S/C8H18N4O4/c1-7(9-3-15-4-10-7)8(2)11(13)5-16-6-12(8)14/h9-10,13-14H,3-6H2,1-2H3. The minimum Gasteiger partial charge on any atom is -0.351 e. The molecule has 94 valence electrons. The second-order valence-electron chi connectivity index (χ2n) is 4.25. The average Bonchev–Trinajstić information content (AvgIpc) is 2.26. The molecule has 2 aliphatic rings. The molecule has 2 rings (SSSR count). The van der Waals surface area contributed by atoms with Crippen molar-refractivity contribution in [1.29, 1.82) is 0 Å². The van der Waals surface area contributed by atoms with Gasteiger partial charge in [0.15, 0.2) is 5.66 Å². The first-order chi connectivity index (χ1) is 7.51. The van der Waals surface area contributed by atoms with Crippen LogP contribution in [0.4, 0.5) is 0 Å². The molecule has 2 saturated heterocycles. The SMILES string of the molecule is CC1(C2(C)N(O)COCN2O)NCOCN1.